The number of rotatable bonds is 1. The number of aromatic nitrogens is 2. The van der Waals surface area contributed by atoms with E-state index in [1.807, 2.05) is 27.7 Å². The second-order valence-electron chi connectivity index (χ2n) is 6.00. The molecule has 0 unspecified atom stereocenters. The number of carbonyl (C=O) groups excluding carboxylic acids is 1. The molecule has 1 aliphatic heterocycles. The summed E-state index contributed by atoms with van der Waals surface area (Å²) >= 11 is 0. The van der Waals surface area contributed by atoms with Crippen molar-refractivity contribution in [1.29, 1.82) is 0 Å². The first-order chi connectivity index (χ1) is 8.78. The number of H-pyrrole nitrogens is 1. The number of nitrogens with two attached hydrogens (primary N) is 1. The van der Waals surface area contributed by atoms with Crippen LogP contribution in [0.2, 0.25) is 0 Å². The number of amides is 1. The summed E-state index contributed by atoms with van der Waals surface area (Å²) in [5.41, 5.74) is 6.48. The van der Waals surface area contributed by atoms with Crippen molar-refractivity contribution in [3.63, 3.8) is 0 Å². The molecule has 1 aliphatic rings. The molecule has 2 rings (SSSR count). The van der Waals surface area contributed by atoms with Gasteiger partial charge in [0.2, 0.25) is 0 Å². The zero-order valence-electron chi connectivity index (χ0n) is 11.9. The van der Waals surface area contributed by atoms with Crippen molar-refractivity contribution in [3.8, 4) is 0 Å². The first-order valence-electron chi connectivity index (χ1n) is 6.54. The minimum absolute atomic E-state index is 0.0904. The molecule has 0 aromatic carbocycles. The average Bonchev–Trinajstić information content (AvgIpc) is 2.81. The summed E-state index contributed by atoms with van der Waals surface area (Å²) in [6.07, 6.45) is 2.18. The second kappa shape index (κ2) is 4.85. The summed E-state index contributed by atoms with van der Waals surface area (Å²) in [7, 11) is 0. The van der Waals surface area contributed by atoms with Gasteiger partial charge in [-0.1, -0.05) is 0 Å². The maximum Gasteiger partial charge on any atom is 0.410 e. The number of carbonyl (C=O) groups is 1. The van der Waals surface area contributed by atoms with Crippen LogP contribution in [0.3, 0.4) is 0 Å². The third kappa shape index (κ3) is 3.07. The van der Waals surface area contributed by atoms with Crippen LogP contribution >= 0.6 is 0 Å². The Hall–Kier alpha value is -1.56. The number of aryl methyl sites for hydroxylation is 1. The van der Waals surface area contributed by atoms with Crippen LogP contribution in [0.1, 0.15) is 44.8 Å². The summed E-state index contributed by atoms with van der Waals surface area (Å²) < 4.78 is 5.43. The van der Waals surface area contributed by atoms with E-state index in [0.717, 1.165) is 17.9 Å². The monoisotopic (exact) mass is 266 g/mol. The van der Waals surface area contributed by atoms with E-state index >= 15 is 0 Å². The van der Waals surface area contributed by atoms with Crippen molar-refractivity contribution >= 4 is 6.09 Å². The number of nitrogens with one attached hydrogen (secondary N) is 1. The Balaban J connectivity index is 2.18. The molecule has 3 N–H and O–H groups in total. The quantitative estimate of drug-likeness (QED) is 0.810. The Bertz CT molecular complexity index is 463. The Morgan fingerprint density at radius 3 is 2.79 bits per heavy atom. The van der Waals surface area contributed by atoms with Crippen molar-refractivity contribution in [2.75, 3.05) is 6.54 Å². The first kappa shape index (κ1) is 13.9. The van der Waals surface area contributed by atoms with Gasteiger partial charge in [0.25, 0.3) is 0 Å². The molecule has 6 nitrogen and oxygen atoms in total. The molecule has 1 aromatic rings. The average molecular weight is 266 g/mol. The normalized spacial score (nSPS) is 23.7. The summed E-state index contributed by atoms with van der Waals surface area (Å²) in [5.74, 6) is 0.818. The number of hydrogen-bond donors (Lipinski definition) is 2. The maximum atomic E-state index is 12.2. The number of imidazole rings is 1. The molecular weight excluding hydrogens is 244 g/mol. The van der Waals surface area contributed by atoms with E-state index in [2.05, 4.69) is 9.97 Å². The molecule has 0 radical (unpaired) electrons. The van der Waals surface area contributed by atoms with Crippen LogP contribution in [-0.4, -0.2) is 39.1 Å². The molecule has 2 heterocycles. The molecule has 0 spiro atoms. The molecule has 1 amide bonds. The van der Waals surface area contributed by atoms with Crippen LogP contribution in [0.4, 0.5) is 4.79 Å². The fraction of sp³-hybridized carbons (Fsp3) is 0.692. The smallest absolute Gasteiger partial charge is 0.410 e. The van der Waals surface area contributed by atoms with Crippen molar-refractivity contribution in [2.24, 2.45) is 5.73 Å². The van der Waals surface area contributed by atoms with Gasteiger partial charge < -0.3 is 15.5 Å². The largest absolute Gasteiger partial charge is 0.444 e. The lowest BCUT2D eigenvalue weighted by molar-refractivity contribution is 0.0215. The molecule has 0 bridgehead atoms. The molecule has 6 heteroatoms. The van der Waals surface area contributed by atoms with Crippen molar-refractivity contribution < 1.29 is 9.53 Å². The molecule has 1 aromatic heterocycles. The number of nitrogens with zero attached hydrogens (tertiary/aromatic N) is 2. The SMILES string of the molecule is Cc1ncc([C@@H]2[C@@H](N)CCN2C(=O)OC(C)(C)C)[nH]1. The maximum absolute atomic E-state index is 12.2. The molecule has 2 atom stereocenters. The van der Waals surface area contributed by atoms with Gasteiger partial charge in [-0.05, 0) is 34.1 Å². The van der Waals surface area contributed by atoms with E-state index in [-0.39, 0.29) is 18.2 Å². The number of likely N-dealkylation sites (tertiary alicyclic amines) is 1. The first-order valence-corrected chi connectivity index (χ1v) is 6.54. The van der Waals surface area contributed by atoms with Gasteiger partial charge in [-0.15, -0.1) is 0 Å². The van der Waals surface area contributed by atoms with Crippen LogP contribution in [-0.2, 0) is 4.74 Å². The topological polar surface area (TPSA) is 84.2 Å². The van der Waals surface area contributed by atoms with E-state index in [9.17, 15) is 4.79 Å². The van der Waals surface area contributed by atoms with E-state index in [1.54, 1.807) is 11.1 Å². The van der Waals surface area contributed by atoms with Crippen LogP contribution < -0.4 is 5.73 Å². The third-order valence-electron chi connectivity index (χ3n) is 3.11. The Kier molecular flexibility index (Phi) is 3.54. The third-order valence-corrected chi connectivity index (χ3v) is 3.11. The molecule has 0 saturated carbocycles. The van der Waals surface area contributed by atoms with Crippen LogP contribution in [0.5, 0.6) is 0 Å². The highest BCUT2D eigenvalue weighted by Crippen LogP contribution is 2.31. The van der Waals surface area contributed by atoms with Gasteiger partial charge in [0.15, 0.2) is 0 Å². The second-order valence-corrected chi connectivity index (χ2v) is 6.00. The predicted molar refractivity (Wildman–Crippen MR) is 71.6 cm³/mol. The van der Waals surface area contributed by atoms with Gasteiger partial charge in [-0.3, -0.25) is 4.90 Å². The van der Waals surface area contributed by atoms with Crippen LogP contribution in [0.25, 0.3) is 0 Å². The van der Waals surface area contributed by atoms with Gasteiger partial charge in [0.1, 0.15) is 11.4 Å². The Labute approximate surface area is 113 Å². The fourth-order valence-electron chi connectivity index (χ4n) is 2.33. The number of hydrogen-bond acceptors (Lipinski definition) is 4. The van der Waals surface area contributed by atoms with Gasteiger partial charge >= 0.3 is 6.09 Å². The van der Waals surface area contributed by atoms with Gasteiger partial charge in [-0.2, -0.15) is 0 Å². The van der Waals surface area contributed by atoms with E-state index in [1.165, 1.54) is 0 Å². The highest BCUT2D eigenvalue weighted by Gasteiger charge is 2.39. The predicted octanol–water partition coefficient (Wildman–Crippen LogP) is 1.73. The lowest BCUT2D eigenvalue weighted by atomic mass is 10.1. The van der Waals surface area contributed by atoms with Gasteiger partial charge in [0, 0.05) is 12.6 Å². The summed E-state index contributed by atoms with van der Waals surface area (Å²) in [5, 5.41) is 0. The minimum Gasteiger partial charge on any atom is -0.444 e. The molecule has 0 aliphatic carbocycles. The molecule has 1 saturated heterocycles. The summed E-state index contributed by atoms with van der Waals surface area (Å²) in [6, 6.07) is -0.275. The van der Waals surface area contributed by atoms with Gasteiger partial charge in [-0.25, -0.2) is 9.78 Å². The van der Waals surface area contributed by atoms with E-state index in [0.29, 0.717) is 6.54 Å². The van der Waals surface area contributed by atoms with Crippen molar-refractivity contribution in [2.45, 2.75) is 51.8 Å². The van der Waals surface area contributed by atoms with E-state index < -0.39 is 5.60 Å². The minimum atomic E-state index is -0.502. The molecular formula is C13H22N4O2. The summed E-state index contributed by atoms with van der Waals surface area (Å²) in [6.45, 7) is 8.06. The summed E-state index contributed by atoms with van der Waals surface area (Å²) in [4.78, 5) is 21.2. The Morgan fingerprint density at radius 2 is 2.26 bits per heavy atom. The number of ether oxygens (including phenoxy) is 1. The number of aromatic amines is 1. The lowest BCUT2D eigenvalue weighted by Gasteiger charge is -2.29. The molecule has 106 valence electrons. The molecule has 1 fully saturated rings. The highest BCUT2D eigenvalue weighted by atomic mass is 16.6. The standard InChI is InChI=1S/C13H22N4O2/c1-8-15-7-10(16-8)11-9(14)5-6-17(11)12(18)19-13(2,3)4/h7,9,11H,5-6,14H2,1-4H3,(H,15,16)/t9-,11-/m0/s1. The fourth-order valence-corrected chi connectivity index (χ4v) is 2.33. The Morgan fingerprint density at radius 1 is 1.58 bits per heavy atom. The van der Waals surface area contributed by atoms with Crippen molar-refractivity contribution in [3.05, 3.63) is 17.7 Å². The zero-order valence-corrected chi connectivity index (χ0v) is 11.9. The molecule has 19 heavy (non-hydrogen) atoms. The lowest BCUT2D eigenvalue weighted by Crippen LogP contribution is -2.39. The highest BCUT2D eigenvalue weighted by molar-refractivity contribution is 5.69. The van der Waals surface area contributed by atoms with Crippen molar-refractivity contribution in [1.82, 2.24) is 14.9 Å². The van der Waals surface area contributed by atoms with Crippen LogP contribution in [0.15, 0.2) is 6.20 Å². The zero-order chi connectivity index (χ0) is 14.2. The van der Waals surface area contributed by atoms with Gasteiger partial charge in [0.05, 0.1) is 17.9 Å². The van der Waals surface area contributed by atoms with E-state index in [4.69, 9.17) is 10.5 Å². The van der Waals surface area contributed by atoms with Crippen LogP contribution in [0, 0.1) is 6.92 Å².